The van der Waals surface area contributed by atoms with E-state index < -0.39 is 0 Å². The van der Waals surface area contributed by atoms with Crippen LogP contribution in [0.3, 0.4) is 0 Å². The molecule has 2 aromatic rings. The molecule has 2 aromatic heterocycles. The van der Waals surface area contributed by atoms with Gasteiger partial charge in [-0.15, -0.1) is 0 Å². The third-order valence-electron chi connectivity index (χ3n) is 2.93. The van der Waals surface area contributed by atoms with Crippen molar-refractivity contribution in [3.8, 4) is 0 Å². The first-order valence-corrected chi connectivity index (χ1v) is 6.24. The van der Waals surface area contributed by atoms with Gasteiger partial charge in [-0.25, -0.2) is 0 Å². The van der Waals surface area contributed by atoms with Crippen molar-refractivity contribution in [2.24, 2.45) is 5.84 Å². The Bertz CT molecular complexity index is 518. The maximum atomic E-state index is 5.39. The molecule has 0 bridgehead atoms. The van der Waals surface area contributed by atoms with E-state index in [4.69, 9.17) is 5.84 Å². The van der Waals surface area contributed by atoms with Crippen LogP contribution in [0.5, 0.6) is 0 Å². The Morgan fingerprint density at radius 1 is 1.22 bits per heavy atom. The number of rotatable bonds is 5. The molecule has 18 heavy (non-hydrogen) atoms. The Hall–Kier alpha value is -1.88. The number of pyridine rings is 1. The van der Waals surface area contributed by atoms with Crippen LogP contribution in [0.25, 0.3) is 0 Å². The van der Waals surface area contributed by atoms with Crippen molar-refractivity contribution in [1.29, 1.82) is 0 Å². The molecule has 0 spiro atoms. The van der Waals surface area contributed by atoms with Gasteiger partial charge >= 0.3 is 0 Å². The maximum absolute atomic E-state index is 5.39. The Balaban J connectivity index is 2.24. The van der Waals surface area contributed by atoms with Crippen molar-refractivity contribution >= 4 is 5.69 Å². The number of nitrogen functional groups attached to an aromatic ring is 1. The molecule has 0 aromatic carbocycles. The Morgan fingerprint density at radius 2 is 2.06 bits per heavy atom. The highest BCUT2D eigenvalue weighted by Crippen LogP contribution is 2.11. The van der Waals surface area contributed by atoms with E-state index in [0.29, 0.717) is 6.54 Å². The standard InChI is InChI=1S/C13H19N5/c1-3-10-8-13(4-2)18(17-10)9-12-7-11(16-14)5-6-15-12/h5-8H,3-4,9,14H2,1-2H3,(H,15,16). The lowest BCUT2D eigenvalue weighted by atomic mass is 10.2. The van der Waals surface area contributed by atoms with Gasteiger partial charge in [0.1, 0.15) is 0 Å². The van der Waals surface area contributed by atoms with E-state index in [1.165, 1.54) is 5.69 Å². The van der Waals surface area contributed by atoms with Gasteiger partial charge in [-0.1, -0.05) is 13.8 Å². The fourth-order valence-corrected chi connectivity index (χ4v) is 1.92. The second-order valence-electron chi connectivity index (χ2n) is 4.17. The van der Waals surface area contributed by atoms with Crippen molar-refractivity contribution in [2.45, 2.75) is 33.2 Å². The summed E-state index contributed by atoms with van der Waals surface area (Å²) < 4.78 is 2.02. The number of hydrazine groups is 1. The van der Waals surface area contributed by atoms with Gasteiger partial charge in [-0.2, -0.15) is 5.10 Å². The van der Waals surface area contributed by atoms with Crippen LogP contribution in [0.2, 0.25) is 0 Å². The van der Waals surface area contributed by atoms with Crippen LogP contribution in [-0.4, -0.2) is 14.8 Å². The van der Waals surface area contributed by atoms with Crippen LogP contribution >= 0.6 is 0 Å². The molecular formula is C13H19N5. The van der Waals surface area contributed by atoms with E-state index in [9.17, 15) is 0 Å². The van der Waals surface area contributed by atoms with E-state index in [1.54, 1.807) is 6.20 Å². The van der Waals surface area contributed by atoms with E-state index in [0.717, 1.165) is 29.9 Å². The molecular weight excluding hydrogens is 226 g/mol. The van der Waals surface area contributed by atoms with E-state index in [2.05, 4.69) is 35.4 Å². The Labute approximate surface area is 107 Å². The zero-order chi connectivity index (χ0) is 13.0. The summed E-state index contributed by atoms with van der Waals surface area (Å²) in [6.07, 6.45) is 3.68. The molecule has 5 heteroatoms. The minimum Gasteiger partial charge on any atom is -0.324 e. The average Bonchev–Trinajstić information content (AvgIpc) is 2.81. The lowest BCUT2D eigenvalue weighted by Gasteiger charge is -2.07. The van der Waals surface area contributed by atoms with Gasteiger partial charge in [0.25, 0.3) is 0 Å². The summed E-state index contributed by atoms with van der Waals surface area (Å²) >= 11 is 0. The third-order valence-corrected chi connectivity index (χ3v) is 2.93. The molecule has 5 nitrogen and oxygen atoms in total. The highest BCUT2D eigenvalue weighted by atomic mass is 15.3. The fraction of sp³-hybridized carbons (Fsp3) is 0.385. The molecule has 0 saturated heterocycles. The van der Waals surface area contributed by atoms with Crippen molar-refractivity contribution in [3.63, 3.8) is 0 Å². The predicted octanol–water partition coefficient (Wildman–Crippen LogP) is 1.74. The van der Waals surface area contributed by atoms with Crippen molar-refractivity contribution in [1.82, 2.24) is 14.8 Å². The maximum Gasteiger partial charge on any atom is 0.0835 e. The summed E-state index contributed by atoms with van der Waals surface area (Å²) in [6, 6.07) is 5.93. The largest absolute Gasteiger partial charge is 0.324 e. The Kier molecular flexibility index (Phi) is 3.94. The molecule has 0 amide bonds. The van der Waals surface area contributed by atoms with E-state index in [-0.39, 0.29) is 0 Å². The number of anilines is 1. The molecule has 0 radical (unpaired) electrons. The second-order valence-corrected chi connectivity index (χ2v) is 4.17. The van der Waals surface area contributed by atoms with Crippen LogP contribution in [0.4, 0.5) is 5.69 Å². The van der Waals surface area contributed by atoms with E-state index in [1.807, 2.05) is 16.8 Å². The first kappa shape index (κ1) is 12.6. The highest BCUT2D eigenvalue weighted by Gasteiger charge is 2.06. The van der Waals surface area contributed by atoms with Crippen LogP contribution in [-0.2, 0) is 19.4 Å². The quantitative estimate of drug-likeness (QED) is 0.622. The first-order valence-electron chi connectivity index (χ1n) is 6.24. The minimum absolute atomic E-state index is 0.679. The zero-order valence-corrected chi connectivity index (χ0v) is 10.8. The average molecular weight is 245 g/mol. The molecule has 96 valence electrons. The number of nitrogens with zero attached hydrogens (tertiary/aromatic N) is 3. The lowest BCUT2D eigenvalue weighted by Crippen LogP contribution is -2.10. The predicted molar refractivity (Wildman–Crippen MR) is 72.1 cm³/mol. The smallest absolute Gasteiger partial charge is 0.0835 e. The molecule has 2 rings (SSSR count). The zero-order valence-electron chi connectivity index (χ0n) is 10.8. The third kappa shape index (κ3) is 2.68. The molecule has 0 saturated carbocycles. The summed E-state index contributed by atoms with van der Waals surface area (Å²) in [6.45, 7) is 4.93. The normalized spacial score (nSPS) is 10.6. The minimum atomic E-state index is 0.679. The summed E-state index contributed by atoms with van der Waals surface area (Å²) in [5, 5.41) is 4.58. The van der Waals surface area contributed by atoms with Gasteiger partial charge in [0.15, 0.2) is 0 Å². The van der Waals surface area contributed by atoms with Gasteiger partial charge in [-0.3, -0.25) is 15.5 Å². The van der Waals surface area contributed by atoms with Crippen molar-refractivity contribution < 1.29 is 0 Å². The second kappa shape index (κ2) is 5.64. The molecule has 0 unspecified atom stereocenters. The number of nitrogens with one attached hydrogen (secondary N) is 1. The van der Waals surface area contributed by atoms with Crippen molar-refractivity contribution in [3.05, 3.63) is 41.5 Å². The molecule has 0 aliphatic heterocycles. The summed E-state index contributed by atoms with van der Waals surface area (Å²) in [5.74, 6) is 5.39. The van der Waals surface area contributed by atoms with E-state index >= 15 is 0 Å². The van der Waals surface area contributed by atoms with Crippen LogP contribution in [0, 0.1) is 0 Å². The number of nitrogens with two attached hydrogens (primary N) is 1. The molecule has 0 aliphatic carbocycles. The molecule has 0 aliphatic rings. The van der Waals surface area contributed by atoms with Crippen LogP contribution in [0.1, 0.15) is 30.9 Å². The van der Waals surface area contributed by atoms with Gasteiger partial charge in [0.05, 0.1) is 23.6 Å². The number of aromatic nitrogens is 3. The van der Waals surface area contributed by atoms with Gasteiger partial charge in [-0.05, 0) is 31.0 Å². The monoisotopic (exact) mass is 245 g/mol. The molecule has 0 atom stereocenters. The number of aryl methyl sites for hydroxylation is 2. The van der Waals surface area contributed by atoms with Gasteiger partial charge in [0.2, 0.25) is 0 Å². The first-order chi connectivity index (χ1) is 8.76. The molecule has 2 heterocycles. The van der Waals surface area contributed by atoms with Gasteiger partial charge in [0, 0.05) is 11.9 Å². The fourth-order valence-electron chi connectivity index (χ4n) is 1.92. The SMILES string of the molecule is CCc1cc(CC)n(Cc2cc(NN)ccn2)n1. The van der Waals surface area contributed by atoms with Gasteiger partial charge < -0.3 is 5.43 Å². The summed E-state index contributed by atoms with van der Waals surface area (Å²) in [4.78, 5) is 4.34. The van der Waals surface area contributed by atoms with Crippen LogP contribution in [0.15, 0.2) is 24.4 Å². The summed E-state index contributed by atoms with van der Waals surface area (Å²) in [5.41, 5.74) is 6.80. The number of hydrogen-bond donors (Lipinski definition) is 2. The Morgan fingerprint density at radius 3 is 2.72 bits per heavy atom. The van der Waals surface area contributed by atoms with Crippen molar-refractivity contribution in [2.75, 3.05) is 5.43 Å². The molecule has 0 fully saturated rings. The topological polar surface area (TPSA) is 68.8 Å². The molecule has 3 N–H and O–H groups in total. The summed E-state index contributed by atoms with van der Waals surface area (Å²) in [7, 11) is 0. The lowest BCUT2D eigenvalue weighted by molar-refractivity contribution is 0.630. The highest BCUT2D eigenvalue weighted by molar-refractivity contribution is 5.41. The number of hydrogen-bond acceptors (Lipinski definition) is 4. The van der Waals surface area contributed by atoms with Crippen LogP contribution < -0.4 is 11.3 Å².